The highest BCUT2D eigenvalue weighted by Crippen LogP contribution is 2.25. The number of hydrogen-bond donors (Lipinski definition) is 0. The minimum atomic E-state index is -0.841. The molecule has 0 saturated heterocycles. The molecule has 0 N–H and O–H groups in total. The Hall–Kier alpha value is -3.49. The fraction of sp³-hybridized carbons (Fsp3) is 0.235. The number of benzene rings is 1. The Morgan fingerprint density at radius 1 is 0.923 bits per heavy atom. The van der Waals surface area contributed by atoms with Gasteiger partial charge in [0.15, 0.2) is 11.2 Å². The van der Waals surface area contributed by atoms with Gasteiger partial charge in [0.2, 0.25) is 5.95 Å². The van der Waals surface area contributed by atoms with Crippen molar-refractivity contribution in [1.29, 1.82) is 0 Å². The van der Waals surface area contributed by atoms with E-state index in [2.05, 4.69) is 4.98 Å². The third kappa shape index (κ3) is 2.06. The number of carbonyl (C=O) groups is 2. The Morgan fingerprint density at radius 3 is 2.31 bits per heavy atom. The molecule has 2 aromatic heterocycles. The number of hydrogen-bond acceptors (Lipinski definition) is 5. The fourth-order valence-electron chi connectivity index (χ4n) is 3.15. The molecular weight excluding hydrogens is 338 g/mol. The van der Waals surface area contributed by atoms with E-state index >= 15 is 0 Å². The molecule has 9 nitrogen and oxygen atoms in total. The molecular formula is C17H15N5O4. The molecule has 0 aliphatic carbocycles. The first-order chi connectivity index (χ1) is 12.4. The van der Waals surface area contributed by atoms with Crippen molar-refractivity contribution in [3.63, 3.8) is 0 Å². The Kier molecular flexibility index (Phi) is 3.39. The van der Waals surface area contributed by atoms with E-state index in [1.54, 1.807) is 0 Å². The summed E-state index contributed by atoms with van der Waals surface area (Å²) < 4.78 is 3.08. The van der Waals surface area contributed by atoms with Crippen LogP contribution in [-0.2, 0) is 25.3 Å². The number of aromatic nitrogens is 4. The van der Waals surface area contributed by atoms with Gasteiger partial charge >= 0.3 is 17.5 Å². The lowest BCUT2D eigenvalue weighted by Crippen LogP contribution is -2.38. The van der Waals surface area contributed by atoms with Gasteiger partial charge in [-0.05, 0) is 12.0 Å². The molecule has 0 atom stereocenters. The van der Waals surface area contributed by atoms with Gasteiger partial charge in [0.25, 0.3) is 5.56 Å². The van der Waals surface area contributed by atoms with Crippen LogP contribution in [0.5, 0.6) is 0 Å². The Morgan fingerprint density at radius 2 is 1.62 bits per heavy atom. The number of aryl methyl sites for hydroxylation is 1. The molecule has 3 heterocycles. The van der Waals surface area contributed by atoms with Crippen molar-refractivity contribution < 1.29 is 9.59 Å². The number of nitrogens with zero attached hydrogens (tertiary/aromatic N) is 5. The second kappa shape index (κ2) is 5.51. The van der Waals surface area contributed by atoms with E-state index < -0.39 is 23.1 Å². The summed E-state index contributed by atoms with van der Waals surface area (Å²) in [6.07, 6.45) is 0.528. The fourth-order valence-corrected chi connectivity index (χ4v) is 3.15. The van der Waals surface area contributed by atoms with Gasteiger partial charge in [0.1, 0.15) is 0 Å². The molecule has 9 heteroatoms. The highest BCUT2D eigenvalue weighted by Gasteiger charge is 2.40. The summed E-state index contributed by atoms with van der Waals surface area (Å²) in [5, 5.41) is 0. The number of carbonyl (C=O) groups excluding carboxylic acids is 2. The quantitative estimate of drug-likeness (QED) is 0.600. The van der Waals surface area contributed by atoms with Crippen molar-refractivity contribution in [2.24, 2.45) is 14.1 Å². The maximum absolute atomic E-state index is 12.5. The van der Waals surface area contributed by atoms with E-state index in [0.717, 1.165) is 14.7 Å². The largest absolute Gasteiger partial charge is 0.332 e. The standard InChI is InChI=1S/C17H15N5O4/c1-19-12-11(13(23)20(2)17(19)26)22-15(25)14(24)21(16(22)18-12)9-8-10-6-4-3-5-7-10/h3-7H,8-9H2,1-2H3. The first-order valence-electron chi connectivity index (χ1n) is 8.00. The first kappa shape index (κ1) is 16.0. The molecule has 0 saturated carbocycles. The highest BCUT2D eigenvalue weighted by atomic mass is 16.2. The molecule has 4 rings (SSSR count). The second-order valence-corrected chi connectivity index (χ2v) is 6.12. The topological polar surface area (TPSA) is 99.2 Å². The van der Waals surface area contributed by atoms with Crippen molar-refractivity contribution in [2.75, 3.05) is 11.4 Å². The summed E-state index contributed by atoms with van der Waals surface area (Å²) in [4.78, 5) is 54.9. The second-order valence-electron chi connectivity index (χ2n) is 6.12. The molecule has 0 spiro atoms. The van der Waals surface area contributed by atoms with Crippen molar-refractivity contribution >= 4 is 28.9 Å². The maximum atomic E-state index is 12.5. The Balaban J connectivity index is 1.85. The van der Waals surface area contributed by atoms with Crippen molar-refractivity contribution in [1.82, 2.24) is 18.7 Å². The molecule has 3 aromatic rings. The van der Waals surface area contributed by atoms with Crippen LogP contribution in [0.2, 0.25) is 0 Å². The van der Waals surface area contributed by atoms with Gasteiger partial charge in [0.05, 0.1) is 0 Å². The van der Waals surface area contributed by atoms with Crippen LogP contribution in [0.3, 0.4) is 0 Å². The predicted octanol–water partition coefficient (Wildman–Crippen LogP) is -0.337. The minimum Gasteiger partial charge on any atom is -0.279 e. The molecule has 1 aliphatic heterocycles. The van der Waals surface area contributed by atoms with E-state index in [1.165, 1.54) is 23.6 Å². The SMILES string of the molecule is Cn1c(=O)c2c(nc3n2C(=O)C(=O)N3CCc2ccccc2)n(C)c1=O. The van der Waals surface area contributed by atoms with Crippen molar-refractivity contribution in [3.05, 3.63) is 56.7 Å². The Labute approximate surface area is 146 Å². The van der Waals surface area contributed by atoms with Gasteiger partial charge in [0, 0.05) is 20.6 Å². The predicted molar refractivity (Wildman–Crippen MR) is 93.3 cm³/mol. The van der Waals surface area contributed by atoms with Crippen LogP contribution >= 0.6 is 0 Å². The average Bonchev–Trinajstić information content (AvgIpc) is 3.14. The summed E-state index contributed by atoms with van der Waals surface area (Å²) in [6, 6.07) is 9.52. The maximum Gasteiger partial charge on any atom is 0.332 e. The monoisotopic (exact) mass is 353 g/mol. The summed E-state index contributed by atoms with van der Waals surface area (Å²) in [6.45, 7) is 0.242. The molecule has 132 valence electrons. The summed E-state index contributed by atoms with van der Waals surface area (Å²) in [5.74, 6) is -1.50. The molecule has 1 aromatic carbocycles. The zero-order valence-corrected chi connectivity index (χ0v) is 14.2. The van der Waals surface area contributed by atoms with E-state index in [1.807, 2.05) is 30.3 Å². The van der Waals surface area contributed by atoms with Crippen LogP contribution in [0.4, 0.5) is 5.95 Å². The van der Waals surface area contributed by atoms with Crippen LogP contribution in [0.1, 0.15) is 10.4 Å². The number of imidazole rings is 1. The van der Waals surface area contributed by atoms with Gasteiger partial charge in [-0.25, -0.2) is 9.36 Å². The van der Waals surface area contributed by atoms with Crippen LogP contribution < -0.4 is 16.1 Å². The lowest BCUT2D eigenvalue weighted by molar-refractivity contribution is -0.114. The zero-order chi connectivity index (χ0) is 18.6. The van der Waals surface area contributed by atoms with Gasteiger partial charge in [-0.15, -0.1) is 0 Å². The third-order valence-corrected chi connectivity index (χ3v) is 4.58. The third-order valence-electron chi connectivity index (χ3n) is 4.58. The molecule has 0 unspecified atom stereocenters. The molecule has 0 radical (unpaired) electrons. The molecule has 1 amide bonds. The first-order valence-corrected chi connectivity index (χ1v) is 8.00. The van der Waals surface area contributed by atoms with E-state index in [4.69, 9.17) is 0 Å². The highest BCUT2D eigenvalue weighted by molar-refractivity contribution is 6.45. The average molecular weight is 353 g/mol. The van der Waals surface area contributed by atoms with Crippen LogP contribution in [0.25, 0.3) is 11.2 Å². The van der Waals surface area contributed by atoms with Crippen LogP contribution in [0, 0.1) is 0 Å². The van der Waals surface area contributed by atoms with Crippen LogP contribution in [-0.4, -0.2) is 37.0 Å². The van der Waals surface area contributed by atoms with Crippen molar-refractivity contribution in [3.8, 4) is 0 Å². The van der Waals surface area contributed by atoms with Gasteiger partial charge in [-0.1, -0.05) is 30.3 Å². The molecule has 0 bridgehead atoms. The zero-order valence-electron chi connectivity index (χ0n) is 14.2. The van der Waals surface area contributed by atoms with Gasteiger partial charge < -0.3 is 0 Å². The number of anilines is 1. The molecule has 26 heavy (non-hydrogen) atoms. The summed E-state index contributed by atoms with van der Waals surface area (Å²) in [5.41, 5.74) is -0.184. The van der Waals surface area contributed by atoms with E-state index in [-0.39, 0.29) is 23.7 Å². The van der Waals surface area contributed by atoms with E-state index in [9.17, 15) is 19.2 Å². The summed E-state index contributed by atoms with van der Waals surface area (Å²) in [7, 11) is 2.78. The molecule has 1 aliphatic rings. The number of amides is 1. The van der Waals surface area contributed by atoms with Gasteiger partial charge in [-0.3, -0.25) is 28.4 Å². The summed E-state index contributed by atoms with van der Waals surface area (Å²) >= 11 is 0. The number of rotatable bonds is 3. The Bertz CT molecular complexity index is 1190. The van der Waals surface area contributed by atoms with E-state index in [0.29, 0.717) is 6.42 Å². The molecule has 0 fully saturated rings. The van der Waals surface area contributed by atoms with Crippen molar-refractivity contribution in [2.45, 2.75) is 6.42 Å². The van der Waals surface area contributed by atoms with Gasteiger partial charge in [-0.2, -0.15) is 4.98 Å². The lowest BCUT2D eigenvalue weighted by Gasteiger charge is -2.12. The smallest absolute Gasteiger partial charge is 0.279 e. The minimum absolute atomic E-state index is 0.0647. The number of fused-ring (bicyclic) bond motifs is 3. The van der Waals surface area contributed by atoms with Crippen LogP contribution in [0.15, 0.2) is 39.9 Å². The normalized spacial score (nSPS) is 13.7. The lowest BCUT2D eigenvalue weighted by atomic mass is 10.1.